The Kier molecular flexibility index (Phi) is 2.64. The summed E-state index contributed by atoms with van der Waals surface area (Å²) in [7, 11) is 0. The summed E-state index contributed by atoms with van der Waals surface area (Å²) in [5.74, 6) is 0.608. The number of imidazole rings is 1. The molecule has 0 radical (unpaired) electrons. The fourth-order valence-electron chi connectivity index (χ4n) is 1.61. The summed E-state index contributed by atoms with van der Waals surface area (Å²) in [5.41, 5.74) is 8.03. The van der Waals surface area contributed by atoms with E-state index in [4.69, 9.17) is 10.5 Å². The Balaban J connectivity index is 1.95. The van der Waals surface area contributed by atoms with Crippen LogP contribution < -0.4 is 10.5 Å². The third-order valence-corrected chi connectivity index (χ3v) is 2.81. The standard InChI is InChI=1S/C12H9BrN4O/c13-7-3-9(6-15-5-7)18-12-16-10-2-1-8(14)4-11(10)17-12/h1-6H,14H2,(H,16,17). The Hall–Kier alpha value is -2.08. The van der Waals surface area contributed by atoms with Gasteiger partial charge in [-0.1, -0.05) is 0 Å². The molecule has 90 valence electrons. The molecule has 3 N–H and O–H groups in total. The van der Waals surface area contributed by atoms with Crippen LogP contribution >= 0.6 is 15.9 Å². The second-order valence-corrected chi connectivity index (χ2v) is 4.68. The van der Waals surface area contributed by atoms with Crippen LogP contribution in [0.3, 0.4) is 0 Å². The van der Waals surface area contributed by atoms with Gasteiger partial charge in [0, 0.05) is 16.4 Å². The molecule has 5 nitrogen and oxygen atoms in total. The molecular formula is C12H9BrN4O. The zero-order valence-corrected chi connectivity index (χ0v) is 10.8. The van der Waals surface area contributed by atoms with Gasteiger partial charge in [-0.15, -0.1) is 0 Å². The van der Waals surface area contributed by atoms with Crippen LogP contribution in [0.1, 0.15) is 0 Å². The number of nitrogens with one attached hydrogen (secondary N) is 1. The van der Waals surface area contributed by atoms with Crippen LogP contribution in [0.2, 0.25) is 0 Å². The van der Waals surface area contributed by atoms with Crippen molar-refractivity contribution in [3.63, 3.8) is 0 Å². The molecule has 0 aliphatic rings. The maximum absolute atomic E-state index is 5.70. The first kappa shape index (κ1) is 11.0. The van der Waals surface area contributed by atoms with Crippen LogP contribution in [0.4, 0.5) is 5.69 Å². The van der Waals surface area contributed by atoms with Crippen molar-refractivity contribution >= 4 is 32.7 Å². The molecule has 3 rings (SSSR count). The van der Waals surface area contributed by atoms with Gasteiger partial charge in [0.25, 0.3) is 6.01 Å². The highest BCUT2D eigenvalue weighted by Gasteiger charge is 2.05. The lowest BCUT2D eigenvalue weighted by atomic mass is 10.3. The van der Waals surface area contributed by atoms with Gasteiger partial charge in [-0.2, -0.15) is 4.98 Å². The number of hydrogen-bond donors (Lipinski definition) is 2. The van der Waals surface area contributed by atoms with Gasteiger partial charge in [0.1, 0.15) is 5.75 Å². The highest BCUT2D eigenvalue weighted by Crippen LogP contribution is 2.24. The number of ether oxygens (including phenoxy) is 1. The van der Waals surface area contributed by atoms with Crippen molar-refractivity contribution in [1.29, 1.82) is 0 Å². The zero-order valence-electron chi connectivity index (χ0n) is 9.22. The summed E-state index contributed by atoms with van der Waals surface area (Å²) in [4.78, 5) is 11.4. The number of halogens is 1. The number of nitrogen functional groups attached to an aromatic ring is 1. The van der Waals surface area contributed by atoms with Crippen molar-refractivity contribution in [2.45, 2.75) is 0 Å². The average molecular weight is 305 g/mol. The monoisotopic (exact) mass is 304 g/mol. The van der Waals surface area contributed by atoms with E-state index >= 15 is 0 Å². The molecule has 6 heteroatoms. The molecular weight excluding hydrogens is 296 g/mol. The van der Waals surface area contributed by atoms with Crippen LogP contribution in [-0.2, 0) is 0 Å². The van der Waals surface area contributed by atoms with E-state index in [1.54, 1.807) is 18.5 Å². The van der Waals surface area contributed by atoms with E-state index in [2.05, 4.69) is 30.9 Å². The molecule has 0 unspecified atom stereocenters. The number of aromatic nitrogens is 3. The van der Waals surface area contributed by atoms with Gasteiger partial charge in [-0.3, -0.25) is 4.98 Å². The van der Waals surface area contributed by atoms with Crippen molar-refractivity contribution in [3.05, 3.63) is 41.1 Å². The van der Waals surface area contributed by atoms with Crippen LogP contribution in [0.25, 0.3) is 11.0 Å². The normalized spacial score (nSPS) is 10.7. The van der Waals surface area contributed by atoms with E-state index in [1.807, 2.05) is 18.2 Å². The minimum atomic E-state index is 0.413. The van der Waals surface area contributed by atoms with Gasteiger partial charge in [0.15, 0.2) is 0 Å². The van der Waals surface area contributed by atoms with E-state index in [0.29, 0.717) is 17.4 Å². The minimum Gasteiger partial charge on any atom is -0.424 e. The molecule has 0 bridgehead atoms. The predicted molar refractivity (Wildman–Crippen MR) is 72.5 cm³/mol. The number of nitrogens with two attached hydrogens (primary N) is 1. The highest BCUT2D eigenvalue weighted by molar-refractivity contribution is 9.10. The summed E-state index contributed by atoms with van der Waals surface area (Å²) in [6.45, 7) is 0. The molecule has 2 aromatic heterocycles. The van der Waals surface area contributed by atoms with Crippen molar-refractivity contribution in [3.8, 4) is 11.8 Å². The molecule has 0 saturated carbocycles. The van der Waals surface area contributed by atoms with E-state index in [9.17, 15) is 0 Å². The molecule has 2 heterocycles. The molecule has 3 aromatic rings. The van der Waals surface area contributed by atoms with Gasteiger partial charge >= 0.3 is 0 Å². The maximum atomic E-state index is 5.70. The Morgan fingerprint density at radius 3 is 2.94 bits per heavy atom. The van der Waals surface area contributed by atoms with Crippen LogP contribution in [-0.4, -0.2) is 15.0 Å². The molecule has 18 heavy (non-hydrogen) atoms. The number of pyridine rings is 1. The Morgan fingerprint density at radius 2 is 2.11 bits per heavy atom. The van der Waals surface area contributed by atoms with Crippen molar-refractivity contribution in [1.82, 2.24) is 15.0 Å². The smallest absolute Gasteiger partial charge is 0.300 e. The zero-order chi connectivity index (χ0) is 12.5. The summed E-state index contributed by atoms with van der Waals surface area (Å²) in [6.07, 6.45) is 3.30. The summed E-state index contributed by atoms with van der Waals surface area (Å²) >= 11 is 3.33. The number of H-pyrrole nitrogens is 1. The second-order valence-electron chi connectivity index (χ2n) is 3.76. The first-order valence-electron chi connectivity index (χ1n) is 5.24. The van der Waals surface area contributed by atoms with Gasteiger partial charge < -0.3 is 15.5 Å². The number of hydrogen-bond acceptors (Lipinski definition) is 4. The first-order valence-corrected chi connectivity index (χ1v) is 6.04. The largest absolute Gasteiger partial charge is 0.424 e. The van der Waals surface area contributed by atoms with Gasteiger partial charge in [-0.25, -0.2) is 0 Å². The van der Waals surface area contributed by atoms with E-state index in [-0.39, 0.29) is 0 Å². The van der Waals surface area contributed by atoms with E-state index < -0.39 is 0 Å². The number of anilines is 1. The average Bonchev–Trinajstić information content (AvgIpc) is 2.70. The molecule has 0 fully saturated rings. The Morgan fingerprint density at radius 1 is 1.22 bits per heavy atom. The molecule has 0 amide bonds. The molecule has 0 aliphatic carbocycles. The summed E-state index contributed by atoms with van der Waals surface area (Å²) in [5, 5.41) is 0. The first-order chi connectivity index (χ1) is 8.70. The molecule has 0 atom stereocenters. The third kappa shape index (κ3) is 2.14. The maximum Gasteiger partial charge on any atom is 0.300 e. The molecule has 1 aromatic carbocycles. The van der Waals surface area contributed by atoms with Gasteiger partial charge in [0.2, 0.25) is 0 Å². The van der Waals surface area contributed by atoms with Gasteiger partial charge in [-0.05, 0) is 40.2 Å². The number of benzene rings is 1. The fraction of sp³-hybridized carbons (Fsp3) is 0. The lowest BCUT2D eigenvalue weighted by molar-refractivity contribution is 0.447. The predicted octanol–water partition coefficient (Wildman–Crippen LogP) is 3.09. The van der Waals surface area contributed by atoms with Gasteiger partial charge in [0.05, 0.1) is 17.2 Å². The highest BCUT2D eigenvalue weighted by atomic mass is 79.9. The number of aromatic amines is 1. The summed E-state index contributed by atoms with van der Waals surface area (Å²) in [6, 6.07) is 7.68. The second kappa shape index (κ2) is 4.30. The quantitative estimate of drug-likeness (QED) is 0.713. The number of nitrogens with zero attached hydrogens (tertiary/aromatic N) is 2. The molecule has 0 saturated heterocycles. The van der Waals surface area contributed by atoms with E-state index in [1.165, 1.54) is 0 Å². The topological polar surface area (TPSA) is 76.8 Å². The number of rotatable bonds is 2. The minimum absolute atomic E-state index is 0.413. The third-order valence-electron chi connectivity index (χ3n) is 2.38. The van der Waals surface area contributed by atoms with Crippen LogP contribution in [0.5, 0.6) is 11.8 Å². The Labute approximate surface area is 111 Å². The molecule has 0 aliphatic heterocycles. The molecule has 0 spiro atoms. The summed E-state index contributed by atoms with van der Waals surface area (Å²) < 4.78 is 6.43. The van der Waals surface area contributed by atoms with E-state index in [0.717, 1.165) is 15.5 Å². The fourth-order valence-corrected chi connectivity index (χ4v) is 1.96. The lowest BCUT2D eigenvalue weighted by Gasteiger charge is -2.00. The Bertz CT molecular complexity index is 710. The van der Waals surface area contributed by atoms with Crippen molar-refractivity contribution in [2.75, 3.05) is 5.73 Å². The number of fused-ring (bicyclic) bond motifs is 1. The van der Waals surface area contributed by atoms with Crippen molar-refractivity contribution in [2.24, 2.45) is 0 Å². The SMILES string of the molecule is Nc1ccc2nc(Oc3cncc(Br)c3)[nH]c2c1. The lowest BCUT2D eigenvalue weighted by Crippen LogP contribution is -1.86. The van der Waals surface area contributed by atoms with Crippen molar-refractivity contribution < 1.29 is 4.74 Å². The van der Waals surface area contributed by atoms with Crippen LogP contribution in [0.15, 0.2) is 41.1 Å². The van der Waals surface area contributed by atoms with Crippen LogP contribution in [0, 0.1) is 0 Å².